The Kier molecular flexibility index (Phi) is 5.82. The van der Waals surface area contributed by atoms with Crippen molar-refractivity contribution in [1.82, 2.24) is 10.2 Å². The van der Waals surface area contributed by atoms with Crippen LogP contribution >= 0.6 is 0 Å². The van der Waals surface area contributed by atoms with Crippen LogP contribution in [0.25, 0.3) is 0 Å². The molecule has 0 spiro atoms. The van der Waals surface area contributed by atoms with E-state index >= 15 is 0 Å². The molecule has 3 amide bonds. The van der Waals surface area contributed by atoms with Crippen molar-refractivity contribution in [3.63, 3.8) is 0 Å². The van der Waals surface area contributed by atoms with E-state index < -0.39 is 0 Å². The third kappa shape index (κ3) is 5.05. The van der Waals surface area contributed by atoms with Gasteiger partial charge in [-0.25, -0.2) is 0 Å². The summed E-state index contributed by atoms with van der Waals surface area (Å²) in [5.41, 5.74) is 3.91. The second kappa shape index (κ2) is 7.68. The lowest BCUT2D eigenvalue weighted by Crippen LogP contribution is -2.42. The number of amides is 3. The number of likely N-dealkylation sites (N-methyl/N-ethyl adjacent to an activating group) is 1. The summed E-state index contributed by atoms with van der Waals surface area (Å²) in [5.74, 6) is -0.180. The number of carbonyl (C=O) groups is 3. The van der Waals surface area contributed by atoms with Crippen LogP contribution in [0.2, 0.25) is 0 Å². The van der Waals surface area contributed by atoms with Gasteiger partial charge in [0.25, 0.3) is 0 Å². The molecule has 2 rings (SSSR count). The molecule has 2 atom stereocenters. The highest BCUT2D eigenvalue weighted by Crippen LogP contribution is 2.37. The van der Waals surface area contributed by atoms with Gasteiger partial charge in [0.05, 0.1) is 13.1 Å². The second-order valence-electron chi connectivity index (χ2n) is 7.11. The first-order valence-electron chi connectivity index (χ1n) is 8.58. The van der Waals surface area contributed by atoms with Crippen molar-refractivity contribution in [3.8, 4) is 0 Å². The van der Waals surface area contributed by atoms with E-state index in [-0.39, 0.29) is 36.7 Å². The summed E-state index contributed by atoms with van der Waals surface area (Å²) < 4.78 is 0. The third-order valence-corrected chi connectivity index (χ3v) is 4.61. The van der Waals surface area contributed by atoms with Gasteiger partial charge < -0.3 is 15.5 Å². The highest BCUT2D eigenvalue weighted by atomic mass is 16.2. The van der Waals surface area contributed by atoms with Crippen molar-refractivity contribution >= 4 is 23.4 Å². The summed E-state index contributed by atoms with van der Waals surface area (Å²) in [5, 5.41) is 5.51. The summed E-state index contributed by atoms with van der Waals surface area (Å²) in [4.78, 5) is 37.4. The minimum Gasteiger partial charge on any atom is -0.347 e. The molecule has 0 unspecified atom stereocenters. The van der Waals surface area contributed by atoms with Gasteiger partial charge >= 0.3 is 0 Å². The summed E-state index contributed by atoms with van der Waals surface area (Å²) in [7, 11) is 1.56. The zero-order valence-electron chi connectivity index (χ0n) is 15.6. The standard InChI is InChI=1S/C19H27N3O3/c1-11-6-13(3)18(14(4)7-11)21-16(23)10-22(5)17(24)9-20-19(25)15-8-12(15)2/h6-7,12,15H,8-10H2,1-5H3,(H,20,25)(H,21,23)/t12-,15-/m1/s1. The number of nitrogens with zero attached hydrogens (tertiary/aromatic N) is 1. The first-order chi connectivity index (χ1) is 11.7. The van der Waals surface area contributed by atoms with Crippen molar-refractivity contribution in [2.45, 2.75) is 34.1 Å². The molecule has 0 aliphatic heterocycles. The van der Waals surface area contributed by atoms with Crippen LogP contribution in [0.15, 0.2) is 12.1 Å². The second-order valence-corrected chi connectivity index (χ2v) is 7.11. The lowest BCUT2D eigenvalue weighted by Gasteiger charge is -2.18. The fourth-order valence-corrected chi connectivity index (χ4v) is 2.98. The van der Waals surface area contributed by atoms with E-state index in [9.17, 15) is 14.4 Å². The van der Waals surface area contributed by atoms with Gasteiger partial charge in [0.15, 0.2) is 0 Å². The normalized spacial score (nSPS) is 18.4. The molecule has 1 saturated carbocycles. The summed E-state index contributed by atoms with van der Waals surface area (Å²) in [6.45, 7) is 7.78. The summed E-state index contributed by atoms with van der Waals surface area (Å²) in [6, 6.07) is 4.01. The fraction of sp³-hybridized carbons (Fsp3) is 0.526. The molecular formula is C19H27N3O3. The van der Waals surface area contributed by atoms with Crippen molar-refractivity contribution in [1.29, 1.82) is 0 Å². The number of aryl methyl sites for hydroxylation is 3. The zero-order valence-corrected chi connectivity index (χ0v) is 15.6. The maximum atomic E-state index is 12.2. The Morgan fingerprint density at radius 3 is 2.24 bits per heavy atom. The lowest BCUT2D eigenvalue weighted by atomic mass is 10.1. The molecule has 0 aromatic heterocycles. The quantitative estimate of drug-likeness (QED) is 0.825. The van der Waals surface area contributed by atoms with Crippen molar-refractivity contribution in [3.05, 3.63) is 28.8 Å². The van der Waals surface area contributed by atoms with Crippen LogP contribution in [0.4, 0.5) is 5.69 Å². The van der Waals surface area contributed by atoms with Gasteiger partial charge in [-0.05, 0) is 44.2 Å². The molecule has 1 fully saturated rings. The summed E-state index contributed by atoms with van der Waals surface area (Å²) >= 11 is 0. The van der Waals surface area contributed by atoms with E-state index in [1.807, 2.05) is 39.8 Å². The molecular weight excluding hydrogens is 318 g/mol. The Bertz CT molecular complexity index is 676. The molecule has 1 aromatic carbocycles. The smallest absolute Gasteiger partial charge is 0.243 e. The first kappa shape index (κ1) is 19.0. The molecule has 1 aliphatic rings. The molecule has 0 radical (unpaired) electrons. The Balaban J connectivity index is 1.83. The number of carbonyl (C=O) groups excluding carboxylic acids is 3. The van der Waals surface area contributed by atoms with Crippen LogP contribution < -0.4 is 10.6 Å². The van der Waals surface area contributed by atoms with E-state index in [1.54, 1.807) is 7.05 Å². The number of anilines is 1. The SMILES string of the molecule is Cc1cc(C)c(NC(=O)CN(C)C(=O)CNC(=O)[C@@H]2C[C@H]2C)c(C)c1. The van der Waals surface area contributed by atoms with E-state index in [0.717, 1.165) is 28.8 Å². The van der Waals surface area contributed by atoms with Gasteiger partial charge in [0.2, 0.25) is 17.7 Å². The molecule has 0 heterocycles. The molecule has 136 valence electrons. The monoisotopic (exact) mass is 345 g/mol. The Labute approximate surface area is 149 Å². The fourth-order valence-electron chi connectivity index (χ4n) is 2.98. The summed E-state index contributed by atoms with van der Waals surface area (Å²) in [6.07, 6.45) is 0.882. The van der Waals surface area contributed by atoms with Crippen LogP contribution in [-0.4, -0.2) is 42.8 Å². The highest BCUT2D eigenvalue weighted by molar-refractivity contribution is 5.96. The number of hydrogen-bond acceptors (Lipinski definition) is 3. The largest absolute Gasteiger partial charge is 0.347 e. The predicted octanol–water partition coefficient (Wildman–Crippen LogP) is 1.78. The van der Waals surface area contributed by atoms with Crippen LogP contribution in [0, 0.1) is 32.6 Å². The Morgan fingerprint density at radius 2 is 1.72 bits per heavy atom. The van der Waals surface area contributed by atoms with Crippen LogP contribution in [-0.2, 0) is 14.4 Å². The van der Waals surface area contributed by atoms with Crippen LogP contribution in [0.3, 0.4) is 0 Å². The predicted molar refractivity (Wildman–Crippen MR) is 97.2 cm³/mol. The van der Waals surface area contributed by atoms with E-state index in [2.05, 4.69) is 10.6 Å². The number of benzene rings is 1. The maximum absolute atomic E-state index is 12.2. The molecule has 1 aliphatic carbocycles. The van der Waals surface area contributed by atoms with Crippen molar-refractivity contribution < 1.29 is 14.4 Å². The van der Waals surface area contributed by atoms with Crippen LogP contribution in [0.1, 0.15) is 30.0 Å². The lowest BCUT2D eigenvalue weighted by molar-refractivity contribution is -0.134. The van der Waals surface area contributed by atoms with E-state index in [1.165, 1.54) is 4.90 Å². The minimum absolute atomic E-state index is 0.0360. The topological polar surface area (TPSA) is 78.5 Å². The first-order valence-corrected chi connectivity index (χ1v) is 8.58. The van der Waals surface area contributed by atoms with Crippen molar-refractivity contribution in [2.75, 3.05) is 25.5 Å². The number of nitrogens with one attached hydrogen (secondary N) is 2. The third-order valence-electron chi connectivity index (χ3n) is 4.61. The molecule has 1 aromatic rings. The average molecular weight is 345 g/mol. The maximum Gasteiger partial charge on any atom is 0.243 e. The Hall–Kier alpha value is -2.37. The molecule has 2 N–H and O–H groups in total. The van der Waals surface area contributed by atoms with E-state index in [4.69, 9.17) is 0 Å². The number of hydrogen-bond donors (Lipinski definition) is 2. The highest BCUT2D eigenvalue weighted by Gasteiger charge is 2.39. The Morgan fingerprint density at radius 1 is 1.16 bits per heavy atom. The molecule has 0 saturated heterocycles. The van der Waals surface area contributed by atoms with E-state index in [0.29, 0.717) is 5.92 Å². The molecule has 25 heavy (non-hydrogen) atoms. The van der Waals surface area contributed by atoms with Crippen molar-refractivity contribution in [2.24, 2.45) is 11.8 Å². The van der Waals surface area contributed by atoms with Gasteiger partial charge in [-0.1, -0.05) is 24.6 Å². The number of rotatable bonds is 6. The average Bonchev–Trinajstić information content (AvgIpc) is 3.25. The molecule has 6 nitrogen and oxygen atoms in total. The van der Waals surface area contributed by atoms with Gasteiger partial charge in [-0.2, -0.15) is 0 Å². The minimum atomic E-state index is -0.283. The van der Waals surface area contributed by atoms with Gasteiger partial charge in [0, 0.05) is 18.7 Å². The zero-order chi connectivity index (χ0) is 18.7. The molecule has 0 bridgehead atoms. The van der Waals surface area contributed by atoms with Gasteiger partial charge in [0.1, 0.15) is 0 Å². The van der Waals surface area contributed by atoms with Crippen LogP contribution in [0.5, 0.6) is 0 Å². The molecule has 6 heteroatoms. The van der Waals surface area contributed by atoms with Gasteiger partial charge in [-0.3, -0.25) is 14.4 Å². The van der Waals surface area contributed by atoms with Gasteiger partial charge in [-0.15, -0.1) is 0 Å².